The Morgan fingerprint density at radius 3 is 2.70 bits per heavy atom. The minimum Gasteiger partial charge on any atom is -0.356 e. The van der Waals surface area contributed by atoms with Crippen molar-refractivity contribution < 1.29 is 14.3 Å². The third-order valence-corrected chi connectivity index (χ3v) is 4.80. The number of rotatable bonds is 3. The van der Waals surface area contributed by atoms with Crippen molar-refractivity contribution in [3.05, 3.63) is 47.9 Å². The predicted molar refractivity (Wildman–Crippen MR) is 97.2 cm³/mol. The van der Waals surface area contributed by atoms with Crippen LogP contribution in [0.25, 0.3) is 0 Å². The zero-order valence-corrected chi connectivity index (χ0v) is 14.7. The van der Waals surface area contributed by atoms with E-state index in [4.69, 9.17) is 14.7 Å². The van der Waals surface area contributed by atoms with E-state index in [-0.39, 0.29) is 11.6 Å². The fraction of sp³-hybridized carbons (Fsp3) is 0.368. The maximum Gasteiger partial charge on any atom is 0.274 e. The molecule has 4 rings (SSSR count). The van der Waals surface area contributed by atoms with Crippen molar-refractivity contribution in [1.82, 2.24) is 9.97 Å². The van der Waals surface area contributed by atoms with E-state index in [1.807, 2.05) is 6.07 Å². The highest BCUT2D eigenvalue weighted by molar-refractivity contribution is 6.03. The van der Waals surface area contributed by atoms with Gasteiger partial charge in [0.1, 0.15) is 17.8 Å². The lowest BCUT2D eigenvalue weighted by atomic mass is 10.0. The summed E-state index contributed by atoms with van der Waals surface area (Å²) in [5.41, 5.74) is 1.31. The second-order valence-electron chi connectivity index (χ2n) is 6.50. The maximum absolute atomic E-state index is 12.5. The lowest BCUT2D eigenvalue weighted by molar-refractivity contribution is -0.169. The minimum absolute atomic E-state index is 0.274. The Balaban J connectivity index is 1.44. The van der Waals surface area contributed by atoms with Gasteiger partial charge in [-0.2, -0.15) is 5.26 Å². The molecular formula is C19H19N5O3. The van der Waals surface area contributed by atoms with Crippen molar-refractivity contribution in [3.8, 4) is 6.07 Å². The smallest absolute Gasteiger partial charge is 0.274 e. The molecule has 0 atom stereocenters. The first-order chi connectivity index (χ1) is 13.2. The zero-order chi connectivity index (χ0) is 18.7. The van der Waals surface area contributed by atoms with Crippen molar-refractivity contribution in [1.29, 1.82) is 5.26 Å². The number of aromatic nitrogens is 2. The highest BCUT2D eigenvalue weighted by atomic mass is 16.7. The van der Waals surface area contributed by atoms with Crippen LogP contribution in [0.1, 0.15) is 28.9 Å². The fourth-order valence-corrected chi connectivity index (χ4v) is 3.37. The monoisotopic (exact) mass is 365 g/mol. The lowest BCUT2D eigenvalue weighted by Crippen LogP contribution is -2.45. The molecule has 0 radical (unpaired) electrons. The molecule has 1 N–H and O–H groups in total. The summed E-state index contributed by atoms with van der Waals surface area (Å²) in [6, 6.07) is 10.5. The molecule has 8 heteroatoms. The molecule has 138 valence electrons. The van der Waals surface area contributed by atoms with Crippen LogP contribution >= 0.6 is 0 Å². The molecule has 2 aliphatic heterocycles. The molecular weight excluding hydrogens is 346 g/mol. The van der Waals surface area contributed by atoms with E-state index in [1.54, 1.807) is 30.3 Å². The van der Waals surface area contributed by atoms with Crippen molar-refractivity contribution in [3.63, 3.8) is 0 Å². The number of nitrogens with zero attached hydrogens (tertiary/aromatic N) is 4. The van der Waals surface area contributed by atoms with Crippen LogP contribution in [0.4, 0.5) is 11.5 Å². The third-order valence-electron chi connectivity index (χ3n) is 4.80. The number of benzene rings is 1. The van der Waals surface area contributed by atoms with Gasteiger partial charge in [-0.25, -0.2) is 9.97 Å². The van der Waals surface area contributed by atoms with Gasteiger partial charge in [-0.15, -0.1) is 0 Å². The lowest BCUT2D eigenvalue weighted by Gasteiger charge is -2.38. The Hall–Kier alpha value is -3.02. The highest BCUT2D eigenvalue weighted by Crippen LogP contribution is 2.32. The fourth-order valence-electron chi connectivity index (χ4n) is 3.37. The van der Waals surface area contributed by atoms with Crippen molar-refractivity contribution >= 4 is 17.4 Å². The predicted octanol–water partition coefficient (Wildman–Crippen LogP) is 1.94. The number of carbonyl (C=O) groups is 1. The van der Waals surface area contributed by atoms with E-state index in [1.165, 1.54) is 6.33 Å². The topological polar surface area (TPSA) is 100 Å². The number of nitriles is 1. The summed E-state index contributed by atoms with van der Waals surface area (Å²) in [6.45, 7) is 2.76. The average molecular weight is 365 g/mol. The Labute approximate surface area is 156 Å². The Morgan fingerprint density at radius 1 is 1.19 bits per heavy atom. The van der Waals surface area contributed by atoms with E-state index in [0.29, 0.717) is 30.3 Å². The molecule has 2 saturated heterocycles. The third kappa shape index (κ3) is 3.74. The minimum atomic E-state index is -0.449. The van der Waals surface area contributed by atoms with Crippen molar-refractivity contribution in [2.45, 2.75) is 18.6 Å². The van der Waals surface area contributed by atoms with Gasteiger partial charge in [0.15, 0.2) is 5.79 Å². The van der Waals surface area contributed by atoms with E-state index >= 15 is 0 Å². The molecule has 1 aromatic heterocycles. The molecule has 0 unspecified atom stereocenters. The van der Waals surface area contributed by atoms with E-state index in [0.717, 1.165) is 25.9 Å². The van der Waals surface area contributed by atoms with Crippen LogP contribution in [-0.2, 0) is 9.47 Å². The second-order valence-corrected chi connectivity index (χ2v) is 6.50. The Bertz CT molecular complexity index is 879. The van der Waals surface area contributed by atoms with Crippen LogP contribution < -0.4 is 10.2 Å². The summed E-state index contributed by atoms with van der Waals surface area (Å²) in [4.78, 5) is 23.0. The van der Waals surface area contributed by atoms with Gasteiger partial charge < -0.3 is 19.7 Å². The Kier molecular flexibility index (Phi) is 4.71. The quantitative estimate of drug-likeness (QED) is 0.887. The van der Waals surface area contributed by atoms with Crippen LogP contribution in [0.5, 0.6) is 0 Å². The number of carbonyl (C=O) groups excluding carboxylic acids is 1. The molecule has 8 nitrogen and oxygen atoms in total. The van der Waals surface area contributed by atoms with Gasteiger partial charge in [-0.1, -0.05) is 6.07 Å². The van der Waals surface area contributed by atoms with Crippen molar-refractivity contribution in [2.75, 3.05) is 36.5 Å². The molecule has 0 saturated carbocycles. The van der Waals surface area contributed by atoms with Crippen LogP contribution in [-0.4, -0.2) is 48.0 Å². The highest BCUT2D eigenvalue weighted by Gasteiger charge is 2.40. The number of hydrogen-bond acceptors (Lipinski definition) is 7. The summed E-state index contributed by atoms with van der Waals surface area (Å²) in [5, 5.41) is 11.7. The summed E-state index contributed by atoms with van der Waals surface area (Å²) in [6.07, 6.45) is 2.92. The number of anilines is 2. The number of nitrogens with one attached hydrogen (secondary N) is 1. The van der Waals surface area contributed by atoms with Crippen LogP contribution in [0, 0.1) is 11.3 Å². The first-order valence-electron chi connectivity index (χ1n) is 8.84. The second kappa shape index (κ2) is 7.31. The largest absolute Gasteiger partial charge is 0.356 e. The van der Waals surface area contributed by atoms with Gasteiger partial charge >= 0.3 is 0 Å². The molecule has 27 heavy (non-hydrogen) atoms. The van der Waals surface area contributed by atoms with E-state index in [9.17, 15) is 4.79 Å². The number of hydrogen-bond donors (Lipinski definition) is 1. The van der Waals surface area contributed by atoms with Crippen molar-refractivity contribution in [2.24, 2.45) is 0 Å². The molecule has 1 spiro atoms. The first kappa shape index (κ1) is 17.4. The van der Waals surface area contributed by atoms with Gasteiger partial charge in [0, 0.05) is 37.7 Å². The van der Waals surface area contributed by atoms with Gasteiger partial charge in [0.2, 0.25) is 0 Å². The zero-order valence-electron chi connectivity index (χ0n) is 14.7. The van der Waals surface area contributed by atoms with E-state index < -0.39 is 5.79 Å². The molecule has 2 aromatic rings. The molecule has 0 aliphatic carbocycles. The Morgan fingerprint density at radius 2 is 1.96 bits per heavy atom. The average Bonchev–Trinajstić information content (AvgIpc) is 3.16. The molecule has 0 bridgehead atoms. The molecule has 2 fully saturated rings. The number of ether oxygens (including phenoxy) is 2. The molecule has 1 aromatic carbocycles. The summed E-state index contributed by atoms with van der Waals surface area (Å²) < 4.78 is 11.5. The summed E-state index contributed by atoms with van der Waals surface area (Å²) in [7, 11) is 0. The summed E-state index contributed by atoms with van der Waals surface area (Å²) >= 11 is 0. The molecule has 2 aliphatic rings. The van der Waals surface area contributed by atoms with Crippen LogP contribution in [0.2, 0.25) is 0 Å². The SMILES string of the molecule is N#Cc1cccc(NC(=O)c2cc(N3CCC4(CC3)OCCO4)ncn2)c1. The molecule has 1 amide bonds. The standard InChI is InChI=1S/C19H19N5O3/c20-12-14-2-1-3-15(10-14)23-18(25)16-11-17(22-13-21-16)24-6-4-19(5-7-24)26-8-9-27-19/h1-3,10-11,13H,4-9H2,(H,23,25). The van der Waals surface area contributed by atoms with E-state index in [2.05, 4.69) is 20.2 Å². The van der Waals surface area contributed by atoms with Crippen LogP contribution in [0.3, 0.4) is 0 Å². The van der Waals surface area contributed by atoms with Crippen LogP contribution in [0.15, 0.2) is 36.7 Å². The number of piperidine rings is 1. The number of amides is 1. The van der Waals surface area contributed by atoms with Gasteiger partial charge in [0.25, 0.3) is 5.91 Å². The first-order valence-corrected chi connectivity index (χ1v) is 8.84. The normalized spacial score (nSPS) is 18.3. The van der Waals surface area contributed by atoms with Gasteiger partial charge in [-0.05, 0) is 18.2 Å². The molecule has 3 heterocycles. The summed E-state index contributed by atoms with van der Waals surface area (Å²) in [5.74, 6) is -0.0892. The maximum atomic E-state index is 12.5. The van der Waals surface area contributed by atoms with Gasteiger partial charge in [-0.3, -0.25) is 4.79 Å². The van der Waals surface area contributed by atoms with Gasteiger partial charge in [0.05, 0.1) is 24.8 Å².